The average Bonchev–Trinajstić information content (AvgIpc) is 2.27. The van der Waals surface area contributed by atoms with Gasteiger partial charge in [0.25, 0.3) is 0 Å². The van der Waals surface area contributed by atoms with Crippen molar-refractivity contribution in [2.75, 3.05) is 5.88 Å². The van der Waals surface area contributed by atoms with Gasteiger partial charge in [-0.1, -0.05) is 0 Å². The summed E-state index contributed by atoms with van der Waals surface area (Å²) in [6.07, 6.45) is 0.907. The van der Waals surface area contributed by atoms with E-state index in [4.69, 9.17) is 16.3 Å². The second-order valence-electron chi connectivity index (χ2n) is 3.35. The summed E-state index contributed by atoms with van der Waals surface area (Å²) in [6, 6.07) is 6.48. The van der Waals surface area contributed by atoms with Gasteiger partial charge in [0.2, 0.25) is 0 Å². The number of hydrogen-bond acceptors (Lipinski definition) is 3. The lowest BCUT2D eigenvalue weighted by atomic mass is 10.1. The van der Waals surface area contributed by atoms with Gasteiger partial charge < -0.3 is 4.74 Å². The van der Waals surface area contributed by atoms with Crippen LogP contribution in [0.5, 0.6) is 5.75 Å². The first kappa shape index (κ1) is 12.7. The van der Waals surface area contributed by atoms with Crippen LogP contribution in [0.1, 0.15) is 30.1 Å². The summed E-state index contributed by atoms with van der Waals surface area (Å²) in [5.41, 5.74) is 0.598. The number of carbonyl (C=O) groups excluding carboxylic acids is 2. The number of benzene rings is 1. The van der Waals surface area contributed by atoms with E-state index in [1.54, 1.807) is 24.3 Å². The van der Waals surface area contributed by atoms with Gasteiger partial charge in [0.05, 0.1) is 0 Å². The highest BCUT2D eigenvalue weighted by molar-refractivity contribution is 6.17. The zero-order valence-electron chi connectivity index (χ0n) is 9.03. The Kier molecular flexibility index (Phi) is 4.99. The number of rotatable bonds is 5. The molecule has 0 saturated carbocycles. The number of halogens is 1. The molecule has 0 aliphatic rings. The maximum atomic E-state index is 11.2. The van der Waals surface area contributed by atoms with Crippen LogP contribution in [0.2, 0.25) is 0 Å². The van der Waals surface area contributed by atoms with Gasteiger partial charge in [0.15, 0.2) is 5.78 Å². The number of hydrogen-bond donors (Lipinski definition) is 0. The van der Waals surface area contributed by atoms with Crippen molar-refractivity contribution in [1.82, 2.24) is 0 Å². The zero-order chi connectivity index (χ0) is 12.0. The van der Waals surface area contributed by atoms with E-state index in [1.807, 2.05) is 0 Å². The van der Waals surface area contributed by atoms with Crippen molar-refractivity contribution in [1.29, 1.82) is 0 Å². The second-order valence-corrected chi connectivity index (χ2v) is 3.73. The van der Waals surface area contributed by atoms with Gasteiger partial charge in [-0.25, -0.2) is 0 Å². The molecule has 0 fully saturated rings. The van der Waals surface area contributed by atoms with Crippen molar-refractivity contribution in [3.63, 3.8) is 0 Å². The number of ether oxygens (including phenoxy) is 1. The number of alkyl halides is 1. The highest BCUT2D eigenvalue weighted by Gasteiger charge is 2.05. The molecule has 0 spiro atoms. The molecule has 1 rings (SSSR count). The summed E-state index contributed by atoms with van der Waals surface area (Å²) in [5, 5.41) is 0. The topological polar surface area (TPSA) is 43.4 Å². The van der Waals surface area contributed by atoms with E-state index >= 15 is 0 Å². The molecule has 1 aromatic carbocycles. The normalized spacial score (nSPS) is 9.88. The van der Waals surface area contributed by atoms with Gasteiger partial charge in [-0.2, -0.15) is 0 Å². The third-order valence-electron chi connectivity index (χ3n) is 2.01. The van der Waals surface area contributed by atoms with Crippen molar-refractivity contribution < 1.29 is 14.3 Å². The van der Waals surface area contributed by atoms with Gasteiger partial charge in [-0.15, -0.1) is 11.6 Å². The van der Waals surface area contributed by atoms with Crippen molar-refractivity contribution in [3.8, 4) is 5.75 Å². The predicted octanol–water partition coefficient (Wildman–Crippen LogP) is 2.81. The van der Waals surface area contributed by atoms with Crippen LogP contribution >= 0.6 is 11.6 Å². The predicted molar refractivity (Wildman–Crippen MR) is 62.0 cm³/mol. The Hall–Kier alpha value is -1.35. The fourth-order valence-corrected chi connectivity index (χ4v) is 1.28. The Morgan fingerprint density at radius 1 is 1.25 bits per heavy atom. The molecule has 0 aromatic heterocycles. The van der Waals surface area contributed by atoms with Gasteiger partial charge in [0, 0.05) is 17.9 Å². The van der Waals surface area contributed by atoms with E-state index in [9.17, 15) is 9.59 Å². The molecule has 0 unspecified atom stereocenters. The largest absolute Gasteiger partial charge is 0.427 e. The molecule has 0 amide bonds. The zero-order valence-corrected chi connectivity index (χ0v) is 9.79. The number of ketones is 1. The minimum Gasteiger partial charge on any atom is -0.427 e. The molecule has 16 heavy (non-hydrogen) atoms. The van der Waals surface area contributed by atoms with Crippen molar-refractivity contribution in [3.05, 3.63) is 29.8 Å². The van der Waals surface area contributed by atoms with Gasteiger partial charge in [-0.05, 0) is 37.6 Å². The van der Waals surface area contributed by atoms with Crippen LogP contribution in [0.15, 0.2) is 24.3 Å². The summed E-state index contributed by atoms with van der Waals surface area (Å²) >= 11 is 5.46. The smallest absolute Gasteiger partial charge is 0.311 e. The SMILES string of the molecule is CC(=O)c1ccc(OC(=O)CCCCl)cc1. The monoisotopic (exact) mass is 240 g/mol. The minimum absolute atomic E-state index is 0.0139. The van der Waals surface area contributed by atoms with E-state index in [-0.39, 0.29) is 11.8 Å². The van der Waals surface area contributed by atoms with Crippen molar-refractivity contribution in [2.24, 2.45) is 0 Å². The maximum Gasteiger partial charge on any atom is 0.311 e. The summed E-state index contributed by atoms with van der Waals surface area (Å²) in [5.74, 6) is 0.569. The van der Waals surface area contributed by atoms with E-state index in [0.29, 0.717) is 30.0 Å². The molecule has 0 radical (unpaired) electrons. The standard InChI is InChI=1S/C12H13ClO3/c1-9(14)10-4-6-11(7-5-10)16-12(15)3-2-8-13/h4-7H,2-3,8H2,1H3. The Labute approximate surface area is 99.4 Å². The summed E-state index contributed by atoms with van der Waals surface area (Å²) < 4.78 is 5.04. The summed E-state index contributed by atoms with van der Waals surface area (Å²) in [6.45, 7) is 1.49. The summed E-state index contributed by atoms with van der Waals surface area (Å²) in [4.78, 5) is 22.2. The van der Waals surface area contributed by atoms with Crippen molar-refractivity contribution >= 4 is 23.4 Å². The molecule has 0 aliphatic heterocycles. The molecule has 86 valence electrons. The Bertz CT molecular complexity index is 370. The third kappa shape index (κ3) is 4.03. The number of carbonyl (C=O) groups is 2. The van der Waals surface area contributed by atoms with E-state index in [1.165, 1.54) is 6.92 Å². The first-order chi connectivity index (χ1) is 7.63. The van der Waals surface area contributed by atoms with E-state index in [0.717, 1.165) is 0 Å². The first-order valence-electron chi connectivity index (χ1n) is 5.01. The molecular weight excluding hydrogens is 228 g/mol. The number of Topliss-reactive ketones (excluding diaryl/α,β-unsaturated/α-hetero) is 1. The Balaban J connectivity index is 2.55. The molecule has 0 atom stereocenters. The number of esters is 1. The van der Waals surface area contributed by atoms with Crippen LogP contribution in [0.25, 0.3) is 0 Å². The maximum absolute atomic E-state index is 11.2. The molecule has 1 aromatic rings. The minimum atomic E-state index is -0.309. The van der Waals surface area contributed by atoms with Crippen molar-refractivity contribution in [2.45, 2.75) is 19.8 Å². The molecular formula is C12H13ClO3. The average molecular weight is 241 g/mol. The van der Waals surface area contributed by atoms with Crippen LogP contribution in [0.3, 0.4) is 0 Å². The second kappa shape index (κ2) is 6.28. The molecule has 0 saturated heterocycles. The lowest BCUT2D eigenvalue weighted by molar-refractivity contribution is -0.134. The Morgan fingerprint density at radius 3 is 2.38 bits per heavy atom. The molecule has 0 heterocycles. The third-order valence-corrected chi connectivity index (χ3v) is 2.27. The van der Waals surface area contributed by atoms with E-state index in [2.05, 4.69) is 0 Å². The van der Waals surface area contributed by atoms with Crippen LogP contribution < -0.4 is 4.74 Å². The van der Waals surface area contributed by atoms with Gasteiger partial charge in [0.1, 0.15) is 5.75 Å². The lowest BCUT2D eigenvalue weighted by Gasteiger charge is -2.03. The fourth-order valence-electron chi connectivity index (χ4n) is 1.15. The molecule has 0 N–H and O–H groups in total. The summed E-state index contributed by atoms with van der Waals surface area (Å²) in [7, 11) is 0. The molecule has 4 heteroatoms. The lowest BCUT2D eigenvalue weighted by Crippen LogP contribution is -2.07. The first-order valence-corrected chi connectivity index (χ1v) is 5.54. The Morgan fingerprint density at radius 2 is 1.88 bits per heavy atom. The molecule has 0 bridgehead atoms. The molecule has 0 aliphatic carbocycles. The van der Waals surface area contributed by atoms with Crippen LogP contribution in [0.4, 0.5) is 0 Å². The van der Waals surface area contributed by atoms with E-state index < -0.39 is 0 Å². The van der Waals surface area contributed by atoms with Crippen LogP contribution in [-0.4, -0.2) is 17.6 Å². The highest BCUT2D eigenvalue weighted by atomic mass is 35.5. The van der Waals surface area contributed by atoms with Crippen LogP contribution in [0, 0.1) is 0 Å². The molecule has 3 nitrogen and oxygen atoms in total. The fraction of sp³-hybridized carbons (Fsp3) is 0.333. The van der Waals surface area contributed by atoms with Gasteiger partial charge >= 0.3 is 5.97 Å². The quantitative estimate of drug-likeness (QED) is 0.344. The van der Waals surface area contributed by atoms with Crippen LogP contribution in [-0.2, 0) is 4.79 Å². The highest BCUT2D eigenvalue weighted by Crippen LogP contribution is 2.13. The van der Waals surface area contributed by atoms with Gasteiger partial charge in [-0.3, -0.25) is 9.59 Å².